The van der Waals surface area contributed by atoms with Gasteiger partial charge in [-0.1, -0.05) is 29.8 Å². The number of aliphatic hydroxyl groups is 2. The van der Waals surface area contributed by atoms with Crippen LogP contribution in [0.25, 0.3) is 22.0 Å². The van der Waals surface area contributed by atoms with Crippen LogP contribution in [-0.4, -0.2) is 84.3 Å². The van der Waals surface area contributed by atoms with E-state index in [4.69, 9.17) is 21.1 Å². The summed E-state index contributed by atoms with van der Waals surface area (Å²) < 4.78 is 14.1. The number of nitrogens with zero attached hydrogens (tertiary/aromatic N) is 6. The van der Waals surface area contributed by atoms with E-state index in [9.17, 15) is 35.5 Å². The second-order valence-corrected chi connectivity index (χ2v) is 13.6. The number of aryl methyl sites for hydroxylation is 1. The highest BCUT2D eigenvalue weighted by Gasteiger charge is 2.25. The smallest absolute Gasteiger partial charge is 0.323 e. The number of benzene rings is 3. The van der Waals surface area contributed by atoms with E-state index in [1.54, 1.807) is 36.7 Å². The van der Waals surface area contributed by atoms with Gasteiger partial charge in [-0.2, -0.15) is 10.4 Å². The van der Waals surface area contributed by atoms with Crippen LogP contribution in [0.15, 0.2) is 73.2 Å². The van der Waals surface area contributed by atoms with Gasteiger partial charge in [-0.25, -0.2) is 0 Å². The monoisotopic (exact) mass is 769 g/mol. The van der Waals surface area contributed by atoms with Gasteiger partial charge in [0.05, 0.1) is 51.1 Å². The molecule has 0 amide bonds. The van der Waals surface area contributed by atoms with Crippen molar-refractivity contribution in [2.24, 2.45) is 0 Å². The zero-order valence-corrected chi connectivity index (χ0v) is 30.6. The van der Waals surface area contributed by atoms with Gasteiger partial charge in [-0.15, -0.1) is 0 Å². The van der Waals surface area contributed by atoms with Crippen molar-refractivity contribution in [1.82, 2.24) is 25.0 Å². The molecule has 2 aromatic heterocycles. The minimum atomic E-state index is -1.24. The predicted molar refractivity (Wildman–Crippen MR) is 203 cm³/mol. The molecule has 6 rings (SSSR count). The van der Waals surface area contributed by atoms with Crippen molar-refractivity contribution in [3.8, 4) is 28.7 Å². The van der Waals surface area contributed by atoms with Crippen LogP contribution in [0.5, 0.6) is 11.5 Å². The van der Waals surface area contributed by atoms with Gasteiger partial charge in [-0.05, 0) is 61.7 Å². The number of unbranched alkanes of at least 4 members (excludes halogenated alkanes) is 1. The first-order valence-corrected chi connectivity index (χ1v) is 18.1. The summed E-state index contributed by atoms with van der Waals surface area (Å²) >= 11 is 6.64. The minimum absolute atomic E-state index is 0.00178. The van der Waals surface area contributed by atoms with Gasteiger partial charge in [-0.3, -0.25) is 29.9 Å². The first kappa shape index (κ1) is 39.1. The molecule has 3 aromatic carbocycles. The summed E-state index contributed by atoms with van der Waals surface area (Å²) in [7, 11) is 0. The van der Waals surface area contributed by atoms with Crippen LogP contribution in [0.1, 0.15) is 41.5 Å². The predicted octanol–water partition coefficient (Wildman–Crippen LogP) is 5.07. The lowest BCUT2D eigenvalue weighted by molar-refractivity contribution is -0.385. The summed E-state index contributed by atoms with van der Waals surface area (Å²) in [4.78, 5) is 30.1. The number of carboxylic acid groups (broad SMARTS) is 1. The van der Waals surface area contributed by atoms with Crippen molar-refractivity contribution in [1.29, 1.82) is 5.26 Å². The second-order valence-electron chi connectivity index (χ2n) is 13.2. The number of carboxylic acids is 1. The Morgan fingerprint density at radius 2 is 1.84 bits per heavy atom. The number of hydrogen-bond acceptors (Lipinski definition) is 12. The molecule has 0 unspecified atom stereocenters. The Hall–Kier alpha value is -5.63. The van der Waals surface area contributed by atoms with Gasteiger partial charge >= 0.3 is 5.97 Å². The van der Waals surface area contributed by atoms with Crippen molar-refractivity contribution in [3.63, 3.8) is 0 Å². The number of aliphatic carboxylic acids is 1. The number of pyridine rings is 1. The number of nitro groups is 1. The topological polar surface area (TPSA) is 209 Å². The molecule has 15 nitrogen and oxygen atoms in total. The lowest BCUT2D eigenvalue weighted by Crippen LogP contribution is -2.39. The number of nitro benzene ring substituents is 1. The average molecular weight is 770 g/mol. The van der Waals surface area contributed by atoms with Crippen LogP contribution in [0.4, 0.5) is 5.69 Å². The number of β-amino-alcohol motifs (C(OH)–C–C–N with tert-alkyl or cyclic N) is 1. The number of fused-ring (bicyclic) bond motifs is 1. The Labute approximate surface area is 321 Å². The van der Waals surface area contributed by atoms with E-state index in [0.717, 1.165) is 43.3 Å². The van der Waals surface area contributed by atoms with Crippen LogP contribution in [0.3, 0.4) is 0 Å². The molecule has 1 fully saturated rings. The molecule has 0 bridgehead atoms. The van der Waals surface area contributed by atoms with Crippen LogP contribution < -0.4 is 14.8 Å². The summed E-state index contributed by atoms with van der Waals surface area (Å²) in [5.74, 6) is -0.821. The van der Waals surface area contributed by atoms with Crippen molar-refractivity contribution >= 4 is 34.2 Å². The maximum atomic E-state index is 12.7. The zero-order valence-electron chi connectivity index (χ0n) is 29.8. The summed E-state index contributed by atoms with van der Waals surface area (Å²) in [6.07, 6.45) is 7.11. The molecule has 55 heavy (non-hydrogen) atoms. The Morgan fingerprint density at radius 3 is 2.58 bits per heavy atom. The van der Waals surface area contributed by atoms with Gasteiger partial charge in [0, 0.05) is 61.2 Å². The summed E-state index contributed by atoms with van der Waals surface area (Å²) in [5.41, 5.74) is 3.50. The van der Waals surface area contributed by atoms with Gasteiger partial charge in [0.1, 0.15) is 36.8 Å². The SMILES string of the molecule is N#Cc1cncc(COc2cc(OCc3cccc(-c4cccc5c4cnn5CCCCN4CC[C@@H](O)C4)c3[N+](=O)[O-])c(Cl)cc2CN[C@@H](CO)C(=O)O)c1. The number of carbonyl (C=O) groups is 1. The van der Waals surface area contributed by atoms with E-state index in [-0.39, 0.29) is 48.1 Å². The van der Waals surface area contributed by atoms with Gasteiger partial charge in [0.25, 0.3) is 5.69 Å². The number of rotatable bonds is 18. The fourth-order valence-corrected chi connectivity index (χ4v) is 6.88. The van der Waals surface area contributed by atoms with Gasteiger partial charge < -0.3 is 29.7 Å². The first-order valence-electron chi connectivity index (χ1n) is 17.8. The maximum absolute atomic E-state index is 12.7. The lowest BCUT2D eigenvalue weighted by Gasteiger charge is -2.18. The third-order valence-corrected chi connectivity index (χ3v) is 9.75. The molecule has 0 spiro atoms. The molecule has 4 N–H and O–H groups in total. The maximum Gasteiger partial charge on any atom is 0.323 e. The van der Waals surface area contributed by atoms with Crippen molar-refractivity contribution < 1.29 is 34.5 Å². The Balaban J connectivity index is 1.23. The van der Waals surface area contributed by atoms with Crippen molar-refractivity contribution in [2.45, 2.75) is 57.7 Å². The van der Waals surface area contributed by atoms with E-state index in [2.05, 4.69) is 20.3 Å². The standard InChI is InChI=1S/C39H40ClN7O8/c40-33-14-28(19-43-34(22-48)39(50)51)36(54-23-26-13-25(16-41)17-42-18-26)15-37(33)55-24-27-5-3-7-31(38(27)47(52)53)30-6-4-8-35-32(30)20-44-46(35)11-2-1-10-45-12-9-29(49)21-45/h3-8,13-15,17-18,20,29,34,43,48-49H,1-2,9-12,19,21-24H2,(H,50,51)/t29-,34+/m1/s1. The number of nitrogens with one attached hydrogen (secondary N) is 1. The highest BCUT2D eigenvalue weighted by Crippen LogP contribution is 2.39. The van der Waals surface area contributed by atoms with E-state index in [1.807, 2.05) is 29.0 Å². The number of hydrogen-bond donors (Lipinski definition) is 4. The molecule has 3 heterocycles. The van der Waals surface area contributed by atoms with Crippen molar-refractivity contribution in [2.75, 3.05) is 26.2 Å². The van der Waals surface area contributed by atoms with Gasteiger partial charge in [0.2, 0.25) is 0 Å². The van der Waals surface area contributed by atoms with E-state index in [1.165, 1.54) is 18.3 Å². The fourth-order valence-electron chi connectivity index (χ4n) is 6.64. The number of nitriles is 1. The van der Waals surface area contributed by atoms with Gasteiger partial charge in [0.15, 0.2) is 0 Å². The quantitative estimate of drug-likeness (QED) is 0.0522. The number of ether oxygens (including phenoxy) is 2. The lowest BCUT2D eigenvalue weighted by atomic mass is 9.97. The number of aliphatic hydroxyl groups excluding tert-OH is 2. The second kappa shape index (κ2) is 18.1. The van der Waals surface area contributed by atoms with E-state index < -0.39 is 23.5 Å². The third-order valence-electron chi connectivity index (χ3n) is 9.46. The van der Waals surface area contributed by atoms with Crippen molar-refractivity contribution in [3.05, 3.63) is 111 Å². The summed E-state index contributed by atoms with van der Waals surface area (Å²) in [6, 6.07) is 16.1. The number of aromatic nitrogens is 3. The molecule has 1 aliphatic heterocycles. The molecule has 5 aromatic rings. The molecule has 1 saturated heterocycles. The Morgan fingerprint density at radius 1 is 1.05 bits per heavy atom. The van der Waals surface area contributed by atoms with Crippen LogP contribution in [0, 0.1) is 21.4 Å². The highest BCUT2D eigenvalue weighted by atomic mass is 35.5. The molecule has 286 valence electrons. The number of likely N-dealkylation sites (tertiary alicyclic amines) is 1. The largest absolute Gasteiger partial charge is 0.488 e. The fraction of sp³-hybridized carbons (Fsp3) is 0.333. The molecule has 16 heteroatoms. The van der Waals surface area contributed by atoms with Crippen LogP contribution in [0.2, 0.25) is 5.02 Å². The average Bonchev–Trinajstić information content (AvgIpc) is 3.80. The van der Waals surface area contributed by atoms with E-state index in [0.29, 0.717) is 46.5 Å². The van der Waals surface area contributed by atoms with Crippen LogP contribution in [-0.2, 0) is 31.1 Å². The molecule has 0 radical (unpaired) electrons. The summed E-state index contributed by atoms with van der Waals surface area (Å²) in [6.45, 7) is 2.32. The molecule has 0 saturated carbocycles. The first-order chi connectivity index (χ1) is 26.6. The van der Waals surface area contributed by atoms with Crippen LogP contribution >= 0.6 is 11.6 Å². The highest BCUT2D eigenvalue weighted by molar-refractivity contribution is 6.32. The van der Waals surface area contributed by atoms with E-state index >= 15 is 0 Å². The Kier molecular flexibility index (Phi) is 12.9. The molecular formula is C39H40ClN7O8. The molecule has 0 aliphatic carbocycles. The number of para-hydroxylation sites is 1. The molecular weight excluding hydrogens is 730 g/mol. The summed E-state index contributed by atoms with van der Waals surface area (Å²) in [5, 5.41) is 58.9. The minimum Gasteiger partial charge on any atom is -0.488 e. The third kappa shape index (κ3) is 9.55. The zero-order chi connectivity index (χ0) is 38.9. The molecule has 2 atom stereocenters. The molecule has 1 aliphatic rings. The normalized spacial score (nSPS) is 14.8. The number of halogens is 1. The Bertz CT molecular complexity index is 2210.